The molecule has 0 bridgehead atoms. The molecule has 5 N–H and O–H groups in total. The number of nitrogens with one attached hydrogen (secondary N) is 2. The van der Waals surface area contributed by atoms with E-state index in [1.165, 1.54) is 18.1 Å². The van der Waals surface area contributed by atoms with Gasteiger partial charge in [-0.2, -0.15) is 0 Å². The van der Waals surface area contributed by atoms with Gasteiger partial charge in [0.25, 0.3) is 0 Å². The summed E-state index contributed by atoms with van der Waals surface area (Å²) in [5.41, 5.74) is 1.94. The Kier molecular flexibility index (Phi) is 10.2. The Labute approximate surface area is 234 Å². The van der Waals surface area contributed by atoms with Crippen LogP contribution < -0.4 is 10.6 Å². The van der Waals surface area contributed by atoms with Gasteiger partial charge < -0.3 is 30.7 Å². The summed E-state index contributed by atoms with van der Waals surface area (Å²) in [5.74, 6) is 0.332. The Bertz CT molecular complexity index is 1060. The number of thioether (sulfide) groups is 1. The molecule has 2 fully saturated rings. The second-order valence-corrected chi connectivity index (χ2v) is 11.6. The molecule has 9 atom stereocenters. The maximum Gasteiger partial charge on any atom is 0.237 e. The van der Waals surface area contributed by atoms with Crippen molar-refractivity contribution in [3.8, 4) is 11.1 Å². The molecule has 0 radical (unpaired) electrons. The Morgan fingerprint density at radius 1 is 1.13 bits per heavy atom. The molecule has 4 unspecified atom stereocenters. The van der Waals surface area contributed by atoms with Crippen LogP contribution in [0, 0.1) is 5.92 Å². The second kappa shape index (κ2) is 13.4. The minimum atomic E-state index is -1.40. The third kappa shape index (κ3) is 6.90. The molecule has 11 heteroatoms. The van der Waals surface area contributed by atoms with Crippen LogP contribution in [-0.2, 0) is 9.53 Å². The molecule has 2 saturated heterocycles. The summed E-state index contributed by atoms with van der Waals surface area (Å²) in [6.45, 7) is 4.93. The number of anilines is 1. The van der Waals surface area contributed by atoms with Gasteiger partial charge >= 0.3 is 0 Å². The fraction of sp³-hybridized carbons (Fsp3) is 0.607. The third-order valence-electron chi connectivity index (χ3n) is 7.85. The molecule has 1 aromatic heterocycles. The number of carbonyl (C=O) groups excluding carboxylic acids is 1. The van der Waals surface area contributed by atoms with Crippen LogP contribution in [0.25, 0.3) is 11.1 Å². The fourth-order valence-corrected chi connectivity index (χ4v) is 6.39. The van der Waals surface area contributed by atoms with Crippen molar-refractivity contribution in [1.29, 1.82) is 0 Å². The van der Waals surface area contributed by atoms with Crippen molar-refractivity contribution in [2.75, 3.05) is 25.2 Å². The Morgan fingerprint density at radius 3 is 2.46 bits per heavy atom. The summed E-state index contributed by atoms with van der Waals surface area (Å²) in [7, 11) is 1.96. The standard InChI is InChI=1S/C28H41N5O5S/c1-5-6-17-11-21(33(3)14-17)27(37)32-22(26-24(35)23(34)25(36)28(38-26)39-4)16(2)31-20-9-7-18(8-10-20)19-12-29-15-30-13-19/h7-10,12-13,15-17,21-26,28,31,34-36H,5-6,11,14H2,1-4H3,(H,32,37)/t16?,17-,21+,22-,23?,24?,25-,26-,28?/m1/s1. The number of hydrogen-bond acceptors (Lipinski definition) is 10. The third-order valence-corrected chi connectivity index (χ3v) is 8.70. The normalized spacial score (nSPS) is 31.0. The van der Waals surface area contributed by atoms with Crippen molar-refractivity contribution in [1.82, 2.24) is 20.2 Å². The number of likely N-dealkylation sites (tertiary alicyclic amines) is 1. The second-order valence-electron chi connectivity index (χ2n) is 10.7. The van der Waals surface area contributed by atoms with E-state index in [-0.39, 0.29) is 18.0 Å². The number of aliphatic hydroxyl groups is 3. The lowest BCUT2D eigenvalue weighted by Gasteiger charge is -2.45. The summed E-state index contributed by atoms with van der Waals surface area (Å²) in [4.78, 5) is 23.8. The molecule has 39 heavy (non-hydrogen) atoms. The first-order valence-corrected chi connectivity index (χ1v) is 14.9. The van der Waals surface area contributed by atoms with Crippen LogP contribution in [0.3, 0.4) is 0 Å². The van der Waals surface area contributed by atoms with Crippen LogP contribution in [0.1, 0.15) is 33.1 Å². The topological polar surface area (TPSA) is 140 Å². The fourth-order valence-electron chi connectivity index (χ4n) is 5.71. The van der Waals surface area contributed by atoms with Gasteiger partial charge in [-0.1, -0.05) is 25.5 Å². The largest absolute Gasteiger partial charge is 0.388 e. The molecule has 3 heterocycles. The van der Waals surface area contributed by atoms with Crippen LogP contribution in [0.4, 0.5) is 5.69 Å². The molecule has 214 valence electrons. The quantitative estimate of drug-likeness (QED) is 0.292. The first kappa shape index (κ1) is 29.7. The molecule has 0 spiro atoms. The zero-order chi connectivity index (χ0) is 28.1. The highest BCUT2D eigenvalue weighted by Gasteiger charge is 2.48. The van der Waals surface area contributed by atoms with E-state index in [0.717, 1.165) is 42.6 Å². The lowest BCUT2D eigenvalue weighted by molar-refractivity contribution is -0.206. The summed E-state index contributed by atoms with van der Waals surface area (Å²) in [5, 5.41) is 38.6. The van der Waals surface area contributed by atoms with E-state index in [1.54, 1.807) is 18.6 Å². The van der Waals surface area contributed by atoms with Gasteiger partial charge in [-0.25, -0.2) is 9.97 Å². The maximum absolute atomic E-state index is 13.6. The molecule has 1 aromatic carbocycles. The van der Waals surface area contributed by atoms with Crippen LogP contribution in [0.2, 0.25) is 0 Å². The molecular weight excluding hydrogens is 518 g/mol. The van der Waals surface area contributed by atoms with E-state index < -0.39 is 35.9 Å². The lowest BCUT2D eigenvalue weighted by Crippen LogP contribution is -2.66. The van der Waals surface area contributed by atoms with E-state index in [1.807, 2.05) is 38.2 Å². The van der Waals surface area contributed by atoms with Crippen molar-refractivity contribution >= 4 is 23.4 Å². The van der Waals surface area contributed by atoms with Gasteiger partial charge in [0.2, 0.25) is 5.91 Å². The monoisotopic (exact) mass is 559 g/mol. The number of likely N-dealkylation sites (N-methyl/N-ethyl adjacent to an activating group) is 1. The summed E-state index contributed by atoms with van der Waals surface area (Å²) < 4.78 is 6.10. The zero-order valence-corrected chi connectivity index (χ0v) is 23.8. The predicted octanol–water partition coefficient (Wildman–Crippen LogP) is 1.72. The highest BCUT2D eigenvalue weighted by molar-refractivity contribution is 7.99. The number of aromatic nitrogens is 2. The number of hydrogen-bond donors (Lipinski definition) is 5. The Balaban J connectivity index is 1.54. The highest BCUT2D eigenvalue weighted by Crippen LogP contribution is 2.31. The van der Waals surface area contributed by atoms with Gasteiger partial charge in [-0.15, -0.1) is 11.8 Å². The molecule has 2 aliphatic heterocycles. The number of amides is 1. The molecule has 2 aliphatic rings. The zero-order valence-electron chi connectivity index (χ0n) is 23.0. The van der Waals surface area contributed by atoms with E-state index in [0.29, 0.717) is 5.92 Å². The predicted molar refractivity (Wildman–Crippen MR) is 152 cm³/mol. The first-order valence-electron chi connectivity index (χ1n) is 13.6. The number of benzene rings is 1. The number of nitrogens with zero attached hydrogens (tertiary/aromatic N) is 3. The Morgan fingerprint density at radius 2 is 1.82 bits per heavy atom. The van der Waals surface area contributed by atoms with Crippen LogP contribution >= 0.6 is 11.8 Å². The average Bonchev–Trinajstić information content (AvgIpc) is 3.32. The van der Waals surface area contributed by atoms with Gasteiger partial charge in [0, 0.05) is 36.2 Å². The van der Waals surface area contributed by atoms with Crippen molar-refractivity contribution in [3.05, 3.63) is 43.0 Å². The highest BCUT2D eigenvalue weighted by atomic mass is 32.2. The summed E-state index contributed by atoms with van der Waals surface area (Å²) in [6, 6.07) is 6.42. The minimum absolute atomic E-state index is 0.133. The first-order chi connectivity index (χ1) is 18.7. The number of carbonyl (C=O) groups is 1. The average molecular weight is 560 g/mol. The SMILES string of the molecule is CCC[C@@H]1C[C@@H](C(=O)N[C@H](C(C)Nc2ccc(-c3cncnc3)cc2)[C@H]2OC(SC)[C@H](O)C(O)C2O)N(C)C1. The van der Waals surface area contributed by atoms with E-state index in [9.17, 15) is 20.1 Å². The van der Waals surface area contributed by atoms with Crippen molar-refractivity contribution in [3.63, 3.8) is 0 Å². The van der Waals surface area contributed by atoms with Crippen LogP contribution in [0.15, 0.2) is 43.0 Å². The van der Waals surface area contributed by atoms with Crippen LogP contribution in [-0.4, -0.2) is 104 Å². The van der Waals surface area contributed by atoms with Gasteiger partial charge in [-0.05, 0) is 56.7 Å². The lowest BCUT2D eigenvalue weighted by atomic mass is 9.90. The Hall–Kier alpha value is -2.28. The van der Waals surface area contributed by atoms with E-state index >= 15 is 0 Å². The molecule has 10 nitrogen and oxygen atoms in total. The van der Waals surface area contributed by atoms with Crippen molar-refractivity contribution in [2.45, 2.75) is 81.1 Å². The molecule has 2 aromatic rings. The van der Waals surface area contributed by atoms with E-state index in [2.05, 4.69) is 32.4 Å². The molecule has 1 amide bonds. The molecule has 0 saturated carbocycles. The molecule has 4 rings (SSSR count). The smallest absolute Gasteiger partial charge is 0.237 e. The van der Waals surface area contributed by atoms with Gasteiger partial charge in [-0.3, -0.25) is 9.69 Å². The van der Waals surface area contributed by atoms with Gasteiger partial charge in [0.1, 0.15) is 36.2 Å². The molecular formula is C28H41N5O5S. The van der Waals surface area contributed by atoms with Gasteiger partial charge in [0.05, 0.1) is 12.1 Å². The van der Waals surface area contributed by atoms with Crippen molar-refractivity contribution in [2.24, 2.45) is 5.92 Å². The van der Waals surface area contributed by atoms with Crippen LogP contribution in [0.5, 0.6) is 0 Å². The number of rotatable bonds is 10. The van der Waals surface area contributed by atoms with E-state index in [4.69, 9.17) is 4.74 Å². The number of aliphatic hydroxyl groups excluding tert-OH is 3. The summed E-state index contributed by atoms with van der Waals surface area (Å²) in [6.07, 6.45) is 4.72. The number of ether oxygens (including phenoxy) is 1. The van der Waals surface area contributed by atoms with Crippen molar-refractivity contribution < 1.29 is 24.9 Å². The minimum Gasteiger partial charge on any atom is -0.388 e. The van der Waals surface area contributed by atoms with Gasteiger partial charge in [0.15, 0.2) is 0 Å². The maximum atomic E-state index is 13.6. The summed E-state index contributed by atoms with van der Waals surface area (Å²) >= 11 is 1.25. The molecule has 0 aliphatic carbocycles.